The summed E-state index contributed by atoms with van der Waals surface area (Å²) in [5, 5.41) is 0. The Morgan fingerprint density at radius 1 is 0.638 bits per heavy atom. The zero-order valence-corrected chi connectivity index (χ0v) is 40.5. The number of halogens is 1. The number of carbonyl (C=O) groups is 2. The number of hydrogen-bond donors (Lipinski definition) is 1. The number of aromatic nitrogens is 2. The highest BCUT2D eigenvalue weighted by atomic mass is 32.2. The first-order chi connectivity index (χ1) is 32.8. The summed E-state index contributed by atoms with van der Waals surface area (Å²) in [6.45, 7) is 7.19. The highest BCUT2D eigenvalue weighted by molar-refractivity contribution is 7.92. The van der Waals surface area contributed by atoms with E-state index in [0.717, 1.165) is 22.5 Å². The van der Waals surface area contributed by atoms with Crippen molar-refractivity contribution < 1.29 is 49.1 Å². The van der Waals surface area contributed by atoms with E-state index in [9.17, 15) is 26.4 Å². The van der Waals surface area contributed by atoms with Crippen molar-refractivity contribution >= 4 is 31.9 Å². The fraction of sp³-hybridized carbons (Fsp3) is 0.269. The van der Waals surface area contributed by atoms with Gasteiger partial charge in [0, 0.05) is 35.8 Å². The van der Waals surface area contributed by atoms with Gasteiger partial charge < -0.3 is 18.3 Å². The highest BCUT2D eigenvalue weighted by Crippen LogP contribution is 2.33. The Bertz CT molecular complexity index is 3090. The number of hydrogen-bond acceptors (Lipinski definition) is 12. The largest absolute Gasteiger partial charge is 0.493 e. The van der Waals surface area contributed by atoms with Crippen molar-refractivity contribution in [2.45, 2.75) is 59.0 Å². The molecule has 1 atom stereocenters. The second kappa shape index (κ2) is 21.0. The Labute approximate surface area is 401 Å². The summed E-state index contributed by atoms with van der Waals surface area (Å²) in [4.78, 5) is 37.0. The number of oxazole rings is 2. The second-order valence-corrected chi connectivity index (χ2v) is 20.9. The van der Waals surface area contributed by atoms with E-state index in [-0.39, 0.29) is 22.9 Å². The minimum atomic E-state index is -5.00. The van der Waals surface area contributed by atoms with Crippen LogP contribution in [0.3, 0.4) is 0 Å². The van der Waals surface area contributed by atoms with E-state index in [0.29, 0.717) is 71.6 Å². The lowest BCUT2D eigenvalue weighted by Gasteiger charge is -2.31. The molecule has 7 rings (SSSR count). The van der Waals surface area contributed by atoms with E-state index >= 15 is 4.39 Å². The minimum Gasteiger partial charge on any atom is -0.493 e. The van der Waals surface area contributed by atoms with Crippen molar-refractivity contribution in [1.82, 2.24) is 19.0 Å². The van der Waals surface area contributed by atoms with Gasteiger partial charge in [-0.2, -0.15) is 0 Å². The van der Waals surface area contributed by atoms with Crippen LogP contribution in [0, 0.1) is 19.3 Å². The lowest BCUT2D eigenvalue weighted by atomic mass is 9.85. The van der Waals surface area contributed by atoms with Crippen LogP contribution in [-0.4, -0.2) is 68.3 Å². The van der Waals surface area contributed by atoms with E-state index < -0.39 is 55.2 Å². The van der Waals surface area contributed by atoms with Crippen LogP contribution in [0.15, 0.2) is 148 Å². The number of ether oxygens (including phenoxy) is 2. The zero-order chi connectivity index (χ0) is 49.4. The fourth-order valence-corrected chi connectivity index (χ4v) is 10.3. The smallest absolute Gasteiger partial charge is 0.276 e. The van der Waals surface area contributed by atoms with E-state index in [1.54, 1.807) is 59.3 Å². The third-order valence-corrected chi connectivity index (χ3v) is 13.7. The van der Waals surface area contributed by atoms with E-state index in [1.807, 2.05) is 74.5 Å². The molecule has 360 valence electrons. The molecule has 0 saturated carbocycles. The van der Waals surface area contributed by atoms with Crippen LogP contribution < -0.4 is 14.2 Å². The maximum atomic E-state index is 17.3. The van der Waals surface area contributed by atoms with Crippen molar-refractivity contribution in [3.63, 3.8) is 0 Å². The molecule has 5 aromatic carbocycles. The van der Waals surface area contributed by atoms with Crippen molar-refractivity contribution in [3.8, 4) is 34.4 Å². The topological polar surface area (TPSA) is 188 Å². The fourth-order valence-electron chi connectivity index (χ4n) is 7.60. The summed E-state index contributed by atoms with van der Waals surface area (Å²) in [5.41, 5.74) is -0.374. The van der Waals surface area contributed by atoms with Gasteiger partial charge in [0.15, 0.2) is 5.88 Å². The maximum absolute atomic E-state index is 17.3. The molecule has 14 nitrogen and oxygen atoms in total. The molecule has 0 radical (unpaired) electrons. The molecule has 7 aromatic rings. The predicted octanol–water partition coefficient (Wildman–Crippen LogP) is 8.72. The van der Waals surface area contributed by atoms with Gasteiger partial charge in [0.2, 0.25) is 33.4 Å². The monoisotopic (exact) mass is 976 g/mol. The number of benzene rings is 5. The van der Waals surface area contributed by atoms with Crippen LogP contribution in [-0.2, 0) is 61.0 Å². The van der Waals surface area contributed by atoms with Gasteiger partial charge in [0.1, 0.15) is 23.0 Å². The molecule has 69 heavy (non-hydrogen) atoms. The number of nitrogens with one attached hydrogen (secondary N) is 1. The number of rotatable bonds is 21. The first-order valence-electron chi connectivity index (χ1n) is 22.1. The summed E-state index contributed by atoms with van der Waals surface area (Å²) in [7, 11) is -9.54. The summed E-state index contributed by atoms with van der Waals surface area (Å²) in [6.07, 6.45) is 1.03. The lowest BCUT2D eigenvalue weighted by Crippen LogP contribution is -2.52. The molecule has 0 aliphatic rings. The molecule has 1 unspecified atom stereocenters. The molecule has 1 N–H and O–H groups in total. The molecule has 2 amide bonds. The Morgan fingerprint density at radius 2 is 1.06 bits per heavy atom. The molecule has 0 bridgehead atoms. The molecule has 0 saturated heterocycles. The minimum absolute atomic E-state index is 0.00717. The van der Waals surface area contributed by atoms with Crippen LogP contribution in [0.4, 0.5) is 4.39 Å². The number of aryl methyl sites for hydroxylation is 2. The van der Waals surface area contributed by atoms with Gasteiger partial charge in [-0.15, -0.1) is 0 Å². The Hall–Kier alpha value is -7.11. The van der Waals surface area contributed by atoms with Crippen LogP contribution in [0.25, 0.3) is 22.9 Å². The summed E-state index contributed by atoms with van der Waals surface area (Å²) in [6, 6.07) is 39.5. The lowest BCUT2D eigenvalue weighted by molar-refractivity contribution is -0.135. The number of amides is 2. The van der Waals surface area contributed by atoms with Crippen LogP contribution >= 0.6 is 0 Å². The molecule has 0 aliphatic carbocycles. The number of carbonyl (C=O) groups excluding carboxylic acids is 2. The second-order valence-electron chi connectivity index (χ2n) is 17.3. The van der Waals surface area contributed by atoms with Crippen LogP contribution in [0.2, 0.25) is 0 Å². The van der Waals surface area contributed by atoms with E-state index in [1.165, 1.54) is 38.1 Å². The summed E-state index contributed by atoms with van der Waals surface area (Å²) < 4.78 is 96.2. The van der Waals surface area contributed by atoms with Gasteiger partial charge in [0.25, 0.3) is 15.9 Å². The molecule has 0 fully saturated rings. The van der Waals surface area contributed by atoms with Gasteiger partial charge in [-0.05, 0) is 85.5 Å². The van der Waals surface area contributed by atoms with Gasteiger partial charge in [-0.3, -0.25) is 9.59 Å². The maximum Gasteiger partial charge on any atom is 0.276 e. The quantitative estimate of drug-likeness (QED) is 0.0723. The predicted molar refractivity (Wildman–Crippen MR) is 259 cm³/mol. The average Bonchev–Trinajstić information content (AvgIpc) is 3.90. The Kier molecular flexibility index (Phi) is 15.2. The third kappa shape index (κ3) is 12.7. The number of nitrogens with zero attached hydrogens (tertiary/aromatic N) is 3. The van der Waals surface area contributed by atoms with Crippen LogP contribution in [0.5, 0.6) is 11.5 Å². The van der Waals surface area contributed by atoms with Crippen molar-refractivity contribution in [3.05, 3.63) is 179 Å². The molecule has 0 spiro atoms. The number of alkyl halides is 1. The third-order valence-electron chi connectivity index (χ3n) is 11.3. The van der Waals surface area contributed by atoms with Gasteiger partial charge in [0.05, 0.1) is 30.9 Å². The first-order valence-corrected chi connectivity index (χ1v) is 25.6. The molecule has 0 aliphatic heterocycles. The van der Waals surface area contributed by atoms with E-state index in [2.05, 4.69) is 9.97 Å². The van der Waals surface area contributed by atoms with Crippen molar-refractivity contribution in [2.75, 3.05) is 25.3 Å². The molecular formula is C52H53FN4O10S2. The first kappa shape index (κ1) is 49.8. The van der Waals surface area contributed by atoms with E-state index in [4.69, 9.17) is 18.3 Å². The Morgan fingerprint density at radius 3 is 1.49 bits per heavy atom. The summed E-state index contributed by atoms with van der Waals surface area (Å²) >= 11 is 0. The van der Waals surface area contributed by atoms with Crippen molar-refractivity contribution in [1.29, 1.82) is 0 Å². The molecular weight excluding hydrogens is 924 g/mol. The highest BCUT2D eigenvalue weighted by Gasteiger charge is 2.44. The standard InChI is InChI=1S/C52H53FN4O10S2/c1-36-45(54-47(66-36)40-15-9-6-10-16-40)29-31-64-43-25-21-38(22-26-43)33-51(3,4)50(59)57(68(5,60)61)35-69(62,63)56-49(58)52(53,42-19-13-8-14-20-42)34-39-23-27-44(28-24-39)65-32-30-46-37(2)67-48(55-46)41-17-11-7-12-18-41/h6-28H,29-35H2,1-5H3,(H,56,58). The molecule has 17 heteroatoms. The van der Waals surface area contributed by atoms with Crippen molar-refractivity contribution in [2.24, 2.45) is 5.41 Å². The SMILES string of the molecule is Cc1oc(-c2ccccc2)nc1CCOc1ccc(CC(C)(C)C(=O)N(CS(=O)(=O)NC(=O)C(F)(Cc2ccc(OCCc3nc(-c4ccccc4)oc3C)cc2)c2ccccc2)S(C)(=O)=O)cc1. The Balaban J connectivity index is 0.961. The van der Waals surface area contributed by atoms with Gasteiger partial charge in [-0.1, -0.05) is 105 Å². The average molecular weight is 977 g/mol. The van der Waals surface area contributed by atoms with Crippen LogP contribution in [0.1, 0.15) is 53.4 Å². The number of sulfonamides is 2. The molecule has 2 heterocycles. The summed E-state index contributed by atoms with van der Waals surface area (Å²) in [5.74, 6) is -0.692. The van der Waals surface area contributed by atoms with Gasteiger partial charge in [-0.25, -0.2) is 40.2 Å². The normalized spacial score (nSPS) is 12.8. The zero-order valence-electron chi connectivity index (χ0n) is 38.8. The van der Waals surface area contributed by atoms with Gasteiger partial charge >= 0.3 is 0 Å². The molecule has 2 aromatic heterocycles.